The summed E-state index contributed by atoms with van der Waals surface area (Å²) in [5.74, 6) is -0.660. The van der Waals surface area contributed by atoms with Gasteiger partial charge < -0.3 is 0 Å². The van der Waals surface area contributed by atoms with Gasteiger partial charge in [-0.15, -0.1) is 0 Å². The Morgan fingerprint density at radius 3 is 2.78 bits per heavy atom. The number of hydrazine groups is 1. The van der Waals surface area contributed by atoms with Crippen LogP contribution in [0.5, 0.6) is 0 Å². The number of amidine groups is 1. The molecule has 0 saturated heterocycles. The first kappa shape index (κ1) is 12.3. The smallest absolute Gasteiger partial charge is 0.277 e. The third kappa shape index (κ3) is 2.93. The van der Waals surface area contributed by atoms with Gasteiger partial charge in [0.2, 0.25) is 0 Å². The molecule has 1 aliphatic heterocycles. The van der Waals surface area contributed by atoms with Crippen LogP contribution in [0, 0.1) is 0 Å². The van der Waals surface area contributed by atoms with Crippen molar-refractivity contribution in [1.82, 2.24) is 20.4 Å². The molecule has 2 heterocycles. The number of rotatable bonds is 2. The number of carbonyl (C=O) groups excluding carboxylic acids is 1. The highest BCUT2D eigenvalue weighted by Crippen LogP contribution is 2.16. The zero-order valence-electron chi connectivity index (χ0n) is 8.98. The topological polar surface area (TPSA) is 70.5 Å². The first-order chi connectivity index (χ1) is 8.46. The molecule has 1 amide bonds. The number of nitrogens with zero attached hydrogens (tertiary/aromatic N) is 4. The minimum absolute atomic E-state index is 0.0898. The van der Waals surface area contributed by atoms with Crippen molar-refractivity contribution in [3.8, 4) is 0 Å². The van der Waals surface area contributed by atoms with Crippen LogP contribution in [-0.2, 0) is 4.79 Å². The van der Waals surface area contributed by atoms with E-state index in [-0.39, 0.29) is 18.1 Å². The van der Waals surface area contributed by atoms with Crippen LogP contribution in [0.4, 0.5) is 13.2 Å². The molecule has 0 unspecified atom stereocenters. The van der Waals surface area contributed by atoms with Crippen molar-refractivity contribution in [2.45, 2.75) is 6.18 Å². The Balaban J connectivity index is 2.15. The maximum absolute atomic E-state index is 12.2. The molecule has 0 bridgehead atoms. The van der Waals surface area contributed by atoms with Crippen molar-refractivity contribution in [2.75, 3.05) is 13.1 Å². The summed E-state index contributed by atoms with van der Waals surface area (Å²) in [6.07, 6.45) is -0.337. The van der Waals surface area contributed by atoms with Crippen LogP contribution in [0.3, 0.4) is 0 Å². The van der Waals surface area contributed by atoms with Crippen LogP contribution in [0.15, 0.2) is 23.6 Å². The first-order valence-electron chi connectivity index (χ1n) is 4.90. The molecule has 6 nitrogen and oxygen atoms in total. The average Bonchev–Trinajstić information content (AvgIpc) is 2.31. The molecule has 1 aliphatic rings. The van der Waals surface area contributed by atoms with Gasteiger partial charge in [0.1, 0.15) is 18.8 Å². The number of nitrogens with one attached hydrogen (secondary N) is 1. The van der Waals surface area contributed by atoms with Crippen molar-refractivity contribution in [3.05, 3.63) is 24.3 Å². The highest BCUT2D eigenvalue weighted by molar-refractivity contribution is 6.01. The summed E-state index contributed by atoms with van der Waals surface area (Å²) >= 11 is 0. The number of alkyl halides is 3. The fourth-order valence-corrected chi connectivity index (χ4v) is 1.32. The normalized spacial score (nSPS) is 16.3. The van der Waals surface area contributed by atoms with E-state index in [0.29, 0.717) is 5.01 Å². The summed E-state index contributed by atoms with van der Waals surface area (Å²) in [4.78, 5) is 22.7. The molecule has 0 saturated carbocycles. The fourth-order valence-electron chi connectivity index (χ4n) is 1.32. The van der Waals surface area contributed by atoms with Crippen LogP contribution < -0.4 is 5.43 Å². The molecule has 18 heavy (non-hydrogen) atoms. The minimum atomic E-state index is -4.48. The Hall–Kier alpha value is -2.19. The second kappa shape index (κ2) is 4.59. The Kier molecular flexibility index (Phi) is 3.13. The predicted octanol–water partition coefficient (Wildman–Crippen LogP) is 0.132. The van der Waals surface area contributed by atoms with E-state index < -0.39 is 18.6 Å². The van der Waals surface area contributed by atoms with E-state index in [1.807, 2.05) is 0 Å². The van der Waals surface area contributed by atoms with Gasteiger partial charge in [-0.3, -0.25) is 20.2 Å². The molecule has 1 aromatic heterocycles. The Bertz CT molecular complexity index is 473. The van der Waals surface area contributed by atoms with E-state index in [1.54, 1.807) is 0 Å². The lowest BCUT2D eigenvalue weighted by Crippen LogP contribution is -2.54. The van der Waals surface area contributed by atoms with Crippen LogP contribution in [0.1, 0.15) is 5.69 Å². The van der Waals surface area contributed by atoms with Crippen molar-refractivity contribution in [2.24, 2.45) is 4.99 Å². The molecule has 2 rings (SSSR count). The van der Waals surface area contributed by atoms with Crippen LogP contribution in [0.25, 0.3) is 0 Å². The SMILES string of the molecule is O=C1CN=C(c2cnccn2)NN1CC(F)(F)F. The average molecular weight is 259 g/mol. The van der Waals surface area contributed by atoms with Gasteiger partial charge >= 0.3 is 6.18 Å². The molecule has 0 fully saturated rings. The fraction of sp³-hybridized carbons (Fsp3) is 0.333. The molecule has 0 atom stereocenters. The van der Waals surface area contributed by atoms with Gasteiger partial charge in [0, 0.05) is 12.4 Å². The number of aliphatic imine (C=N–C) groups is 1. The van der Waals surface area contributed by atoms with Crippen molar-refractivity contribution < 1.29 is 18.0 Å². The van der Waals surface area contributed by atoms with Crippen molar-refractivity contribution >= 4 is 11.7 Å². The third-order valence-electron chi connectivity index (χ3n) is 2.06. The Labute approximate surface area is 99.5 Å². The number of carbonyl (C=O) groups is 1. The predicted molar refractivity (Wildman–Crippen MR) is 54.3 cm³/mol. The second-order valence-corrected chi connectivity index (χ2v) is 3.46. The van der Waals surface area contributed by atoms with Gasteiger partial charge in [0.05, 0.1) is 6.20 Å². The van der Waals surface area contributed by atoms with Crippen LogP contribution in [0.2, 0.25) is 0 Å². The molecule has 1 aromatic rings. The maximum atomic E-state index is 12.2. The van der Waals surface area contributed by atoms with Gasteiger partial charge in [0.15, 0.2) is 5.84 Å². The lowest BCUT2D eigenvalue weighted by atomic mass is 10.3. The minimum Gasteiger partial charge on any atom is -0.277 e. The summed E-state index contributed by atoms with van der Waals surface area (Å²) in [6, 6.07) is 0. The number of halogens is 3. The van der Waals surface area contributed by atoms with Gasteiger partial charge in [-0.25, -0.2) is 9.99 Å². The summed E-state index contributed by atoms with van der Waals surface area (Å²) in [5, 5.41) is 0.469. The van der Waals surface area contributed by atoms with Gasteiger partial charge in [0.25, 0.3) is 5.91 Å². The molecule has 1 N–H and O–H groups in total. The quantitative estimate of drug-likeness (QED) is 0.819. The number of hydrogen-bond acceptors (Lipinski definition) is 5. The van der Waals surface area contributed by atoms with E-state index in [1.165, 1.54) is 18.6 Å². The van der Waals surface area contributed by atoms with E-state index in [9.17, 15) is 18.0 Å². The first-order valence-corrected chi connectivity index (χ1v) is 4.90. The van der Waals surface area contributed by atoms with Gasteiger partial charge in [-0.1, -0.05) is 0 Å². The highest BCUT2D eigenvalue weighted by Gasteiger charge is 2.35. The van der Waals surface area contributed by atoms with Crippen molar-refractivity contribution in [1.29, 1.82) is 0 Å². The van der Waals surface area contributed by atoms with E-state index >= 15 is 0 Å². The van der Waals surface area contributed by atoms with Crippen LogP contribution in [-0.4, -0.2) is 46.0 Å². The Morgan fingerprint density at radius 1 is 1.39 bits per heavy atom. The molecular weight excluding hydrogens is 251 g/mol. The van der Waals surface area contributed by atoms with Gasteiger partial charge in [-0.2, -0.15) is 13.2 Å². The monoisotopic (exact) mass is 259 g/mol. The lowest BCUT2D eigenvalue weighted by Gasteiger charge is -2.28. The molecule has 9 heteroatoms. The largest absolute Gasteiger partial charge is 0.408 e. The summed E-state index contributed by atoms with van der Waals surface area (Å²) < 4.78 is 36.7. The number of aromatic nitrogens is 2. The van der Waals surface area contributed by atoms with Crippen molar-refractivity contribution in [3.63, 3.8) is 0 Å². The molecule has 96 valence electrons. The van der Waals surface area contributed by atoms with E-state index in [0.717, 1.165) is 0 Å². The van der Waals surface area contributed by atoms with E-state index in [2.05, 4.69) is 20.4 Å². The zero-order valence-corrected chi connectivity index (χ0v) is 8.98. The van der Waals surface area contributed by atoms with Crippen LogP contribution >= 0.6 is 0 Å². The standard InChI is InChI=1S/C9H8F3N5O/c10-9(11,12)5-17-7(18)4-15-8(16-17)6-3-13-1-2-14-6/h1-3H,4-5H2,(H,15,16). The summed E-state index contributed by atoms with van der Waals surface area (Å²) in [6.45, 7) is -1.74. The van der Waals surface area contributed by atoms with E-state index in [4.69, 9.17) is 0 Å². The number of hydrogen-bond donors (Lipinski definition) is 1. The molecular formula is C9H8F3N5O. The maximum Gasteiger partial charge on any atom is 0.408 e. The highest BCUT2D eigenvalue weighted by atomic mass is 19.4. The molecule has 0 spiro atoms. The summed E-state index contributed by atoms with van der Waals surface area (Å²) in [7, 11) is 0. The molecule has 0 aromatic carbocycles. The second-order valence-electron chi connectivity index (χ2n) is 3.46. The molecule has 0 aliphatic carbocycles. The Morgan fingerprint density at radius 2 is 2.17 bits per heavy atom. The third-order valence-corrected chi connectivity index (χ3v) is 2.06. The lowest BCUT2D eigenvalue weighted by molar-refractivity contribution is -0.164. The zero-order chi connectivity index (χ0) is 13.2. The number of amides is 1. The summed E-state index contributed by atoms with van der Waals surface area (Å²) in [5.41, 5.74) is 2.56. The van der Waals surface area contributed by atoms with Gasteiger partial charge in [-0.05, 0) is 0 Å². The molecule has 0 radical (unpaired) electrons.